The minimum Gasteiger partial charge on any atom is -0.480 e. The summed E-state index contributed by atoms with van der Waals surface area (Å²) in [4.78, 5) is 27.4. The third kappa shape index (κ3) is 74.5. The zero-order valence-electron chi connectivity index (χ0n) is 7.98. The third-order valence-electron chi connectivity index (χ3n) is 0.406. The molecule has 0 bridgehead atoms. The average Bonchev–Trinajstić information content (AvgIpc) is 2.19. The third-order valence-corrected chi connectivity index (χ3v) is 0.406. The molecule has 9 nitrogen and oxygen atoms in total. The maximum absolute atomic E-state index is 9.12. The first kappa shape index (κ1) is 24.3. The van der Waals surface area contributed by atoms with Gasteiger partial charge in [0.1, 0.15) is 19.8 Å². The molecule has 0 aromatic heterocycles. The smallest absolute Gasteiger partial charge is 0.329 e. The largest absolute Gasteiger partial charge is 0.480 e. The van der Waals surface area contributed by atoms with Gasteiger partial charge in [0.15, 0.2) is 0 Å². The number of hydrogen-bond donors (Lipinski definition) is 6. The van der Waals surface area contributed by atoms with Crippen molar-refractivity contribution in [3.05, 3.63) is 0 Å². The van der Waals surface area contributed by atoms with Gasteiger partial charge in [0.05, 0.1) is 0 Å². The molecule has 1 radical (unpaired) electrons. The zero-order chi connectivity index (χ0) is 12.9. The van der Waals surface area contributed by atoms with Crippen LogP contribution in [0.4, 0.5) is 0 Å². The van der Waals surface area contributed by atoms with E-state index >= 15 is 0 Å². The van der Waals surface area contributed by atoms with Crippen LogP contribution in [-0.4, -0.2) is 68.4 Å². The number of aliphatic hydroxyl groups excluding tert-OH is 3. The number of carboxylic acid groups (broad SMARTS) is 3. The van der Waals surface area contributed by atoms with Crippen LogP contribution in [0.15, 0.2) is 0 Å². The first-order valence-corrected chi connectivity index (χ1v) is 3.29. The van der Waals surface area contributed by atoms with E-state index < -0.39 is 37.7 Å². The molecule has 6 N–H and O–H groups in total. The molecule has 0 aliphatic rings. The van der Waals surface area contributed by atoms with E-state index in [2.05, 4.69) is 0 Å². The van der Waals surface area contributed by atoms with Crippen LogP contribution in [0.3, 0.4) is 0 Å². The van der Waals surface area contributed by atoms with Crippen molar-refractivity contribution >= 4 is 17.9 Å². The second-order valence-electron chi connectivity index (χ2n) is 1.66. The number of carbonyl (C=O) groups is 3. The Kier molecular flexibility index (Phi) is 29.8. The van der Waals surface area contributed by atoms with Crippen LogP contribution in [0.2, 0.25) is 0 Å². The van der Waals surface area contributed by atoms with Gasteiger partial charge in [-0.2, -0.15) is 0 Å². The van der Waals surface area contributed by atoms with Gasteiger partial charge in [-0.15, -0.1) is 0 Å². The van der Waals surface area contributed by atoms with Gasteiger partial charge in [0.2, 0.25) is 0 Å². The number of hydrogen-bond acceptors (Lipinski definition) is 6. The Hall–Kier alpha value is -0.970. The minimum absolute atomic E-state index is 0. The predicted molar refractivity (Wildman–Crippen MR) is 44.2 cm³/mol. The molecular formula is C6H12O9Ta. The van der Waals surface area contributed by atoms with Crippen molar-refractivity contribution in [1.82, 2.24) is 0 Å². The SMILES string of the molecule is O=C(O)CO.O=C(O)CO.O=C(O)CO.[Ta]. The standard InChI is InChI=1S/3C2H4O3.Ta/c3*3-1-2(4)5;/h3*3H,1H2,(H,4,5);. The summed E-state index contributed by atoms with van der Waals surface area (Å²) < 4.78 is 0. The van der Waals surface area contributed by atoms with Gasteiger partial charge in [0.25, 0.3) is 0 Å². The quantitative estimate of drug-likeness (QED) is 0.288. The second-order valence-corrected chi connectivity index (χ2v) is 1.66. The molecule has 0 saturated heterocycles. The summed E-state index contributed by atoms with van der Waals surface area (Å²) in [6.45, 7) is -2.33. The van der Waals surface area contributed by atoms with Gasteiger partial charge < -0.3 is 30.6 Å². The molecule has 0 amide bonds. The van der Waals surface area contributed by atoms with E-state index in [-0.39, 0.29) is 22.4 Å². The monoisotopic (exact) mass is 409 g/mol. The van der Waals surface area contributed by atoms with Crippen molar-refractivity contribution in [2.45, 2.75) is 0 Å². The van der Waals surface area contributed by atoms with Crippen LogP contribution < -0.4 is 0 Å². The van der Waals surface area contributed by atoms with Crippen molar-refractivity contribution in [2.24, 2.45) is 0 Å². The Morgan fingerprint density at radius 1 is 0.625 bits per heavy atom. The Bertz CT molecular complexity index is 159. The van der Waals surface area contributed by atoms with Gasteiger partial charge >= 0.3 is 17.9 Å². The Labute approximate surface area is 105 Å². The number of aliphatic carboxylic acids is 3. The van der Waals surface area contributed by atoms with Gasteiger partial charge in [-0.05, 0) is 0 Å². The molecular weight excluding hydrogens is 397 g/mol. The summed E-state index contributed by atoms with van der Waals surface area (Å²) in [5.41, 5.74) is 0. The molecule has 0 aliphatic heterocycles. The van der Waals surface area contributed by atoms with E-state index in [9.17, 15) is 0 Å². The van der Waals surface area contributed by atoms with Crippen molar-refractivity contribution in [1.29, 1.82) is 0 Å². The van der Waals surface area contributed by atoms with E-state index in [4.69, 9.17) is 45.0 Å². The van der Waals surface area contributed by atoms with Gasteiger partial charge in [-0.3, -0.25) is 0 Å². The Balaban J connectivity index is -0.0000000655. The molecule has 95 valence electrons. The molecule has 0 saturated carbocycles. The van der Waals surface area contributed by atoms with Crippen molar-refractivity contribution in [3.63, 3.8) is 0 Å². The molecule has 10 heteroatoms. The molecule has 0 rings (SSSR count). The van der Waals surface area contributed by atoms with E-state index in [0.717, 1.165) is 0 Å². The van der Waals surface area contributed by atoms with Crippen LogP contribution in [-0.2, 0) is 36.8 Å². The van der Waals surface area contributed by atoms with E-state index in [1.165, 1.54) is 0 Å². The fraction of sp³-hybridized carbons (Fsp3) is 0.500. The molecule has 0 aromatic carbocycles. The number of rotatable bonds is 3. The average molecular weight is 409 g/mol. The van der Waals surface area contributed by atoms with Crippen molar-refractivity contribution < 1.29 is 67.4 Å². The number of aliphatic hydroxyl groups is 3. The zero-order valence-corrected chi connectivity index (χ0v) is 11.2. The van der Waals surface area contributed by atoms with E-state index in [0.29, 0.717) is 0 Å². The molecule has 0 atom stereocenters. The fourth-order valence-electron chi connectivity index (χ4n) is 0. The maximum atomic E-state index is 9.12. The first-order valence-electron chi connectivity index (χ1n) is 3.29. The molecule has 0 aromatic rings. The number of carboxylic acids is 3. The van der Waals surface area contributed by atoms with Crippen LogP contribution in [0.25, 0.3) is 0 Å². The molecule has 0 unspecified atom stereocenters. The Morgan fingerprint density at radius 2 is 0.688 bits per heavy atom. The molecule has 0 aliphatic carbocycles. The fourth-order valence-corrected chi connectivity index (χ4v) is 0. The molecule has 16 heavy (non-hydrogen) atoms. The first-order chi connectivity index (χ1) is 6.81. The second kappa shape index (κ2) is 19.6. The maximum Gasteiger partial charge on any atom is 0.329 e. The van der Waals surface area contributed by atoms with Crippen LogP contribution >= 0.6 is 0 Å². The Morgan fingerprint density at radius 3 is 0.688 bits per heavy atom. The summed E-state index contributed by atoms with van der Waals surface area (Å²) in [6, 6.07) is 0. The van der Waals surface area contributed by atoms with Crippen LogP contribution in [0.5, 0.6) is 0 Å². The van der Waals surface area contributed by atoms with E-state index in [1.807, 2.05) is 0 Å². The summed E-state index contributed by atoms with van der Waals surface area (Å²) >= 11 is 0. The van der Waals surface area contributed by atoms with Crippen molar-refractivity contribution in [2.75, 3.05) is 19.8 Å². The van der Waals surface area contributed by atoms with Gasteiger partial charge in [-0.25, -0.2) is 14.4 Å². The predicted octanol–water partition coefficient (Wildman–Crippen LogP) is -2.81. The topological polar surface area (TPSA) is 173 Å². The summed E-state index contributed by atoms with van der Waals surface area (Å²) in [5, 5.41) is 45.0. The molecule has 0 spiro atoms. The molecule has 0 heterocycles. The van der Waals surface area contributed by atoms with E-state index in [1.54, 1.807) is 0 Å². The molecule has 0 fully saturated rings. The summed E-state index contributed by atoms with van der Waals surface area (Å²) in [6.07, 6.45) is 0. The van der Waals surface area contributed by atoms with Crippen LogP contribution in [0, 0.1) is 0 Å². The minimum atomic E-state index is -1.19. The van der Waals surface area contributed by atoms with Gasteiger partial charge in [-0.1, -0.05) is 0 Å². The van der Waals surface area contributed by atoms with Crippen molar-refractivity contribution in [3.8, 4) is 0 Å². The van der Waals surface area contributed by atoms with Gasteiger partial charge in [0, 0.05) is 22.4 Å². The summed E-state index contributed by atoms with van der Waals surface area (Å²) in [7, 11) is 0. The van der Waals surface area contributed by atoms with Crippen LogP contribution in [0.1, 0.15) is 0 Å². The summed E-state index contributed by atoms with van der Waals surface area (Å²) in [5.74, 6) is -3.57. The normalized spacial score (nSPS) is 6.94.